The minimum atomic E-state index is -0.278. The van der Waals surface area contributed by atoms with E-state index in [0.717, 1.165) is 16.4 Å². The molecule has 0 atom stereocenters. The Morgan fingerprint density at radius 1 is 0.971 bits per heavy atom. The summed E-state index contributed by atoms with van der Waals surface area (Å²) in [6.07, 6.45) is 1.74. The lowest BCUT2D eigenvalue weighted by Gasteiger charge is -2.11. The maximum absolute atomic E-state index is 13.3. The zero-order valence-corrected chi connectivity index (χ0v) is 20.9. The van der Waals surface area contributed by atoms with Crippen molar-refractivity contribution in [2.75, 3.05) is 12.4 Å². The average Bonchev–Trinajstić information content (AvgIpc) is 2.86. The van der Waals surface area contributed by atoms with Gasteiger partial charge in [0.15, 0.2) is 5.16 Å². The van der Waals surface area contributed by atoms with Crippen LogP contribution in [-0.4, -0.2) is 23.0 Å². The second-order valence-corrected chi connectivity index (χ2v) is 9.74. The summed E-state index contributed by atoms with van der Waals surface area (Å²) in [7, 11) is 1.61. The number of ether oxygens (including phenoxy) is 1. The second-order valence-electron chi connectivity index (χ2n) is 7.68. The summed E-state index contributed by atoms with van der Waals surface area (Å²) in [6.45, 7) is 4.14. The van der Waals surface area contributed by atoms with E-state index in [-0.39, 0.29) is 5.91 Å². The number of carbonyl (C=O) groups is 1. The number of thioether (sulfide) groups is 1. The molecule has 0 aliphatic carbocycles. The van der Waals surface area contributed by atoms with Crippen molar-refractivity contribution in [3.63, 3.8) is 0 Å². The summed E-state index contributed by atoms with van der Waals surface area (Å²) in [5.74, 6) is 1.18. The Morgan fingerprint density at radius 3 is 2.41 bits per heavy atom. The monoisotopic (exact) mass is 487 g/mol. The third-order valence-corrected chi connectivity index (χ3v) is 7.10. The van der Waals surface area contributed by atoms with Gasteiger partial charge in [-0.15, -0.1) is 0 Å². The van der Waals surface area contributed by atoms with E-state index in [1.807, 2.05) is 43.3 Å². The highest BCUT2D eigenvalue weighted by molar-refractivity contribution is 7.99. The Bertz CT molecular complexity index is 1280. The van der Waals surface area contributed by atoms with Crippen LogP contribution in [0.4, 0.5) is 5.69 Å². The fourth-order valence-corrected chi connectivity index (χ4v) is 4.93. The molecule has 0 spiro atoms. The third kappa shape index (κ3) is 6.18. The lowest BCUT2D eigenvalue weighted by molar-refractivity contribution is 0.101. The maximum Gasteiger partial charge on any atom is 0.275 e. The SMILES string of the molecule is COc1ccc(NC(=O)c2nc(SCc3ccccc3C)ncc2Sc2ccc(C)cc2)cc1. The molecule has 5 nitrogen and oxygen atoms in total. The molecule has 0 unspecified atom stereocenters. The normalized spacial score (nSPS) is 10.7. The topological polar surface area (TPSA) is 64.1 Å². The van der Waals surface area contributed by atoms with Gasteiger partial charge < -0.3 is 10.1 Å². The predicted molar refractivity (Wildman–Crippen MR) is 139 cm³/mol. The van der Waals surface area contributed by atoms with Crippen molar-refractivity contribution < 1.29 is 9.53 Å². The molecule has 3 aromatic carbocycles. The van der Waals surface area contributed by atoms with Gasteiger partial charge in [0, 0.05) is 22.5 Å². The highest BCUT2D eigenvalue weighted by atomic mass is 32.2. The Kier molecular flexibility index (Phi) is 7.87. The molecule has 7 heteroatoms. The molecule has 0 radical (unpaired) electrons. The molecular weight excluding hydrogens is 462 g/mol. The number of rotatable bonds is 8. The number of benzene rings is 3. The van der Waals surface area contributed by atoms with Crippen molar-refractivity contribution in [1.29, 1.82) is 0 Å². The van der Waals surface area contributed by atoms with Crippen molar-refractivity contribution in [3.8, 4) is 5.75 Å². The lowest BCUT2D eigenvalue weighted by atomic mass is 10.1. The van der Waals surface area contributed by atoms with Crippen LogP contribution >= 0.6 is 23.5 Å². The molecule has 34 heavy (non-hydrogen) atoms. The number of methoxy groups -OCH3 is 1. The van der Waals surface area contributed by atoms with Gasteiger partial charge in [-0.1, -0.05) is 65.5 Å². The number of amides is 1. The molecule has 0 fully saturated rings. The zero-order valence-electron chi connectivity index (χ0n) is 19.2. The van der Waals surface area contributed by atoms with Crippen molar-refractivity contribution in [3.05, 3.63) is 101 Å². The Morgan fingerprint density at radius 2 is 1.71 bits per heavy atom. The molecular formula is C27H25N3O2S2. The number of hydrogen-bond acceptors (Lipinski definition) is 6. The summed E-state index contributed by atoms with van der Waals surface area (Å²) in [6, 6.07) is 23.6. The number of carbonyl (C=O) groups excluding carboxylic acids is 1. The number of aromatic nitrogens is 2. The number of anilines is 1. The summed E-state index contributed by atoms with van der Waals surface area (Å²) >= 11 is 3.00. The molecule has 1 amide bonds. The minimum absolute atomic E-state index is 0.278. The van der Waals surface area contributed by atoms with Gasteiger partial charge in [-0.2, -0.15) is 0 Å². The van der Waals surface area contributed by atoms with Crippen molar-refractivity contribution in [2.24, 2.45) is 0 Å². The summed E-state index contributed by atoms with van der Waals surface area (Å²) < 4.78 is 5.20. The van der Waals surface area contributed by atoms with Crippen molar-refractivity contribution in [2.45, 2.75) is 34.5 Å². The highest BCUT2D eigenvalue weighted by Gasteiger charge is 2.17. The van der Waals surface area contributed by atoms with E-state index < -0.39 is 0 Å². The van der Waals surface area contributed by atoms with E-state index in [9.17, 15) is 4.79 Å². The quantitative estimate of drug-likeness (QED) is 0.218. The second kappa shape index (κ2) is 11.2. The van der Waals surface area contributed by atoms with E-state index in [1.165, 1.54) is 40.2 Å². The largest absolute Gasteiger partial charge is 0.497 e. The number of hydrogen-bond donors (Lipinski definition) is 1. The first kappa shape index (κ1) is 23.9. The van der Waals surface area contributed by atoms with Crippen LogP contribution in [0.15, 0.2) is 93.9 Å². The van der Waals surface area contributed by atoms with Crippen molar-refractivity contribution >= 4 is 35.1 Å². The van der Waals surface area contributed by atoms with Gasteiger partial charge in [-0.3, -0.25) is 4.79 Å². The van der Waals surface area contributed by atoms with Crippen LogP contribution < -0.4 is 10.1 Å². The number of aryl methyl sites for hydroxylation is 2. The average molecular weight is 488 g/mol. The molecule has 1 N–H and O–H groups in total. The summed E-state index contributed by atoms with van der Waals surface area (Å²) in [5, 5.41) is 3.51. The van der Waals surface area contributed by atoms with Gasteiger partial charge in [0.05, 0.1) is 12.0 Å². The molecule has 4 rings (SSSR count). The molecule has 0 saturated heterocycles. The fraction of sp³-hybridized carbons (Fsp3) is 0.148. The van der Waals surface area contributed by atoms with E-state index in [4.69, 9.17) is 4.74 Å². The van der Waals surface area contributed by atoms with E-state index in [1.54, 1.807) is 37.6 Å². The van der Waals surface area contributed by atoms with Crippen LogP contribution in [0.3, 0.4) is 0 Å². The molecule has 0 bridgehead atoms. The Labute approximate surface area is 208 Å². The predicted octanol–water partition coefficient (Wildman–Crippen LogP) is 6.80. The van der Waals surface area contributed by atoms with E-state index in [0.29, 0.717) is 21.4 Å². The molecule has 0 saturated carbocycles. The first-order valence-electron chi connectivity index (χ1n) is 10.8. The van der Waals surface area contributed by atoms with Crippen LogP contribution in [-0.2, 0) is 5.75 Å². The fourth-order valence-electron chi connectivity index (χ4n) is 3.17. The van der Waals surface area contributed by atoms with E-state index in [2.05, 4.69) is 34.3 Å². The molecule has 4 aromatic rings. The van der Waals surface area contributed by atoms with Crippen LogP contribution in [0.25, 0.3) is 0 Å². The van der Waals surface area contributed by atoms with Crippen molar-refractivity contribution in [1.82, 2.24) is 9.97 Å². The van der Waals surface area contributed by atoms with Crippen LogP contribution in [0, 0.1) is 13.8 Å². The first-order valence-corrected chi connectivity index (χ1v) is 12.6. The van der Waals surface area contributed by atoms with Gasteiger partial charge in [-0.05, 0) is 61.4 Å². The summed E-state index contributed by atoms with van der Waals surface area (Å²) in [4.78, 5) is 24.2. The molecule has 1 aromatic heterocycles. The first-order chi connectivity index (χ1) is 16.5. The van der Waals surface area contributed by atoms with Crippen LogP contribution in [0.1, 0.15) is 27.2 Å². The molecule has 0 aliphatic heterocycles. The van der Waals surface area contributed by atoms with Gasteiger partial charge in [0.1, 0.15) is 11.4 Å². The number of nitrogens with zero attached hydrogens (tertiary/aromatic N) is 2. The Hall–Kier alpha value is -3.29. The van der Waals surface area contributed by atoms with Crippen LogP contribution in [0.2, 0.25) is 0 Å². The number of nitrogens with one attached hydrogen (secondary N) is 1. The maximum atomic E-state index is 13.3. The highest BCUT2D eigenvalue weighted by Crippen LogP contribution is 2.32. The zero-order chi connectivity index (χ0) is 23.9. The van der Waals surface area contributed by atoms with Gasteiger partial charge in [0.2, 0.25) is 0 Å². The standard InChI is InChI=1S/C27H25N3O2S2/c1-18-8-14-23(15-9-18)34-24-16-28-27(33-17-20-7-5-4-6-19(20)2)30-25(24)26(31)29-21-10-12-22(32-3)13-11-21/h4-16H,17H2,1-3H3,(H,29,31). The molecule has 172 valence electrons. The third-order valence-electron chi connectivity index (χ3n) is 5.16. The van der Waals surface area contributed by atoms with Gasteiger partial charge in [-0.25, -0.2) is 9.97 Å². The smallest absolute Gasteiger partial charge is 0.275 e. The molecule has 0 aliphatic rings. The van der Waals surface area contributed by atoms with E-state index >= 15 is 0 Å². The minimum Gasteiger partial charge on any atom is -0.497 e. The van der Waals surface area contributed by atoms with Crippen LogP contribution in [0.5, 0.6) is 5.75 Å². The van der Waals surface area contributed by atoms with Gasteiger partial charge in [0.25, 0.3) is 5.91 Å². The molecule has 1 heterocycles. The van der Waals surface area contributed by atoms with Gasteiger partial charge >= 0.3 is 0 Å². The Balaban J connectivity index is 1.59. The lowest BCUT2D eigenvalue weighted by Crippen LogP contribution is -2.16. The summed E-state index contributed by atoms with van der Waals surface area (Å²) in [5.41, 5.74) is 4.65.